The molecule has 3 atom stereocenters. The molecular weight excluding hydrogens is 332 g/mol. The van der Waals surface area contributed by atoms with Crippen LogP contribution in [0.15, 0.2) is 42.6 Å². The van der Waals surface area contributed by atoms with Crippen LogP contribution in [0.4, 0.5) is 0 Å². The average molecular weight is 356 g/mol. The van der Waals surface area contributed by atoms with E-state index in [1.54, 1.807) is 6.20 Å². The van der Waals surface area contributed by atoms with Crippen molar-refractivity contribution in [2.45, 2.75) is 31.2 Å². The van der Waals surface area contributed by atoms with E-state index in [2.05, 4.69) is 32.5 Å². The molecule has 0 saturated carbocycles. The Balaban J connectivity index is 1.34. The lowest BCUT2D eigenvalue weighted by Crippen LogP contribution is -2.51. The minimum atomic E-state index is -0.449. The second-order valence-electron chi connectivity index (χ2n) is 6.79. The van der Waals surface area contributed by atoms with E-state index < -0.39 is 6.10 Å². The minimum absolute atomic E-state index is 0.0592. The van der Waals surface area contributed by atoms with Crippen molar-refractivity contribution in [2.75, 3.05) is 26.3 Å². The molecule has 7 heteroatoms. The van der Waals surface area contributed by atoms with Crippen molar-refractivity contribution in [2.24, 2.45) is 0 Å². The van der Waals surface area contributed by atoms with Crippen LogP contribution in [0, 0.1) is 0 Å². The van der Waals surface area contributed by atoms with Crippen molar-refractivity contribution in [3.05, 3.63) is 53.9 Å². The lowest BCUT2D eigenvalue weighted by molar-refractivity contribution is -0.140. The summed E-state index contributed by atoms with van der Waals surface area (Å²) in [5.41, 5.74) is 2.14. The Bertz CT molecular complexity index is 707. The van der Waals surface area contributed by atoms with E-state index in [-0.39, 0.29) is 18.1 Å². The number of hydrogen-bond acceptors (Lipinski definition) is 5. The third kappa shape index (κ3) is 3.95. The Kier molecular flexibility index (Phi) is 5.29. The molecule has 1 amide bonds. The molecule has 3 heterocycles. The quantitative estimate of drug-likeness (QED) is 0.843. The molecule has 26 heavy (non-hydrogen) atoms. The summed E-state index contributed by atoms with van der Waals surface area (Å²) in [6, 6.07) is 12.1. The van der Waals surface area contributed by atoms with Crippen LogP contribution in [0.3, 0.4) is 0 Å². The van der Waals surface area contributed by atoms with Crippen molar-refractivity contribution < 1.29 is 14.3 Å². The number of carbonyl (C=O) groups excluding carboxylic acids is 1. The fraction of sp³-hybridized carbons (Fsp3) is 0.474. The number of morpholine rings is 1. The Morgan fingerprint density at radius 2 is 2.12 bits per heavy atom. The van der Waals surface area contributed by atoms with Crippen LogP contribution in [0.2, 0.25) is 0 Å². The van der Waals surface area contributed by atoms with E-state index in [0.717, 1.165) is 25.2 Å². The first-order chi connectivity index (χ1) is 12.8. The summed E-state index contributed by atoms with van der Waals surface area (Å²) < 4.78 is 11.5. The smallest absolute Gasteiger partial charge is 0.250 e. The topological polar surface area (TPSA) is 79.5 Å². The summed E-state index contributed by atoms with van der Waals surface area (Å²) in [5.74, 6) is -0.0669. The number of carbonyl (C=O) groups is 1. The lowest BCUT2D eigenvalue weighted by atomic mass is 10.1. The second-order valence-corrected chi connectivity index (χ2v) is 6.79. The van der Waals surface area contributed by atoms with Gasteiger partial charge in [-0.05, 0) is 18.1 Å². The van der Waals surface area contributed by atoms with Gasteiger partial charge in [0.15, 0.2) is 0 Å². The van der Waals surface area contributed by atoms with Crippen LogP contribution in [0.5, 0.6) is 0 Å². The molecule has 0 bridgehead atoms. The van der Waals surface area contributed by atoms with Crippen molar-refractivity contribution in [3.63, 3.8) is 0 Å². The molecule has 2 N–H and O–H groups in total. The van der Waals surface area contributed by atoms with Gasteiger partial charge >= 0.3 is 0 Å². The van der Waals surface area contributed by atoms with E-state index in [0.29, 0.717) is 19.8 Å². The van der Waals surface area contributed by atoms with Crippen LogP contribution in [0.25, 0.3) is 0 Å². The number of nitrogens with one attached hydrogen (secondary N) is 2. The van der Waals surface area contributed by atoms with Crippen LogP contribution in [-0.4, -0.2) is 59.5 Å². The standard InChI is InChI=1S/C19H24N4O3/c24-19(21-15-7-10-26-18(15)16-6-8-20-22-16)17-13-23(9-11-25-17)12-14-4-2-1-3-5-14/h1-6,8,15,17-18H,7,9-13H2,(H,20,22)(H,21,24)/t15-,17?,18-/m1/s1. The Labute approximate surface area is 152 Å². The van der Waals surface area contributed by atoms with Crippen LogP contribution >= 0.6 is 0 Å². The zero-order chi connectivity index (χ0) is 17.8. The number of ether oxygens (including phenoxy) is 2. The lowest BCUT2D eigenvalue weighted by Gasteiger charge is -2.33. The van der Waals surface area contributed by atoms with Gasteiger partial charge in [0.1, 0.15) is 12.2 Å². The number of aromatic nitrogens is 2. The summed E-state index contributed by atoms with van der Waals surface area (Å²) in [4.78, 5) is 15.0. The van der Waals surface area contributed by atoms with Gasteiger partial charge in [-0.15, -0.1) is 0 Å². The highest BCUT2D eigenvalue weighted by molar-refractivity contribution is 5.81. The molecule has 4 rings (SSSR count). The Morgan fingerprint density at radius 3 is 2.92 bits per heavy atom. The molecule has 2 aliphatic heterocycles. The van der Waals surface area contributed by atoms with Crippen LogP contribution < -0.4 is 5.32 Å². The molecule has 1 unspecified atom stereocenters. The summed E-state index contributed by atoms with van der Waals surface area (Å²) in [7, 11) is 0. The van der Waals surface area contributed by atoms with Gasteiger partial charge in [0.2, 0.25) is 0 Å². The van der Waals surface area contributed by atoms with Gasteiger partial charge in [-0.1, -0.05) is 30.3 Å². The van der Waals surface area contributed by atoms with Gasteiger partial charge in [0.25, 0.3) is 5.91 Å². The number of rotatable bonds is 5. The van der Waals surface area contributed by atoms with E-state index >= 15 is 0 Å². The highest BCUT2D eigenvalue weighted by Gasteiger charge is 2.35. The number of benzene rings is 1. The normalized spacial score (nSPS) is 26.7. The molecule has 0 aliphatic carbocycles. The number of amides is 1. The molecule has 2 aliphatic rings. The first-order valence-corrected chi connectivity index (χ1v) is 9.09. The van der Waals surface area contributed by atoms with E-state index in [1.807, 2.05) is 24.3 Å². The van der Waals surface area contributed by atoms with Crippen molar-refractivity contribution >= 4 is 5.91 Å². The first-order valence-electron chi connectivity index (χ1n) is 9.09. The highest BCUT2D eigenvalue weighted by atomic mass is 16.5. The average Bonchev–Trinajstić information content (AvgIpc) is 3.34. The predicted molar refractivity (Wildman–Crippen MR) is 95.3 cm³/mol. The molecule has 2 fully saturated rings. The zero-order valence-electron chi connectivity index (χ0n) is 14.6. The number of H-pyrrole nitrogens is 1. The summed E-state index contributed by atoms with van der Waals surface area (Å²) >= 11 is 0. The SMILES string of the molecule is O=C(N[C@@H]1CCO[C@H]1c1ccn[nH]1)C1CN(Cc2ccccc2)CCO1. The highest BCUT2D eigenvalue weighted by Crippen LogP contribution is 2.27. The third-order valence-electron chi connectivity index (χ3n) is 4.94. The molecule has 1 aromatic carbocycles. The van der Waals surface area contributed by atoms with Crippen LogP contribution in [0.1, 0.15) is 23.8 Å². The van der Waals surface area contributed by atoms with Gasteiger partial charge in [0, 0.05) is 32.4 Å². The summed E-state index contributed by atoms with van der Waals surface area (Å²) in [5, 5.41) is 10.0. The predicted octanol–water partition coefficient (Wildman–Crippen LogP) is 1.26. The largest absolute Gasteiger partial charge is 0.370 e. The molecule has 1 aromatic heterocycles. The maximum absolute atomic E-state index is 12.7. The second kappa shape index (κ2) is 7.99. The molecule has 7 nitrogen and oxygen atoms in total. The molecule has 0 radical (unpaired) electrons. The number of hydrogen-bond donors (Lipinski definition) is 2. The number of aromatic amines is 1. The number of nitrogens with zero attached hydrogens (tertiary/aromatic N) is 2. The summed E-state index contributed by atoms with van der Waals surface area (Å²) in [6.07, 6.45) is 1.86. The Morgan fingerprint density at radius 1 is 1.23 bits per heavy atom. The molecule has 138 valence electrons. The van der Waals surface area contributed by atoms with Gasteiger partial charge in [-0.25, -0.2) is 0 Å². The molecule has 0 spiro atoms. The third-order valence-corrected chi connectivity index (χ3v) is 4.94. The van der Waals surface area contributed by atoms with Crippen molar-refractivity contribution in [1.82, 2.24) is 20.4 Å². The van der Waals surface area contributed by atoms with Gasteiger partial charge < -0.3 is 14.8 Å². The van der Waals surface area contributed by atoms with E-state index in [9.17, 15) is 4.79 Å². The molecular formula is C19H24N4O3. The zero-order valence-corrected chi connectivity index (χ0v) is 14.6. The van der Waals surface area contributed by atoms with Crippen molar-refractivity contribution in [1.29, 1.82) is 0 Å². The van der Waals surface area contributed by atoms with Crippen molar-refractivity contribution in [3.8, 4) is 0 Å². The van der Waals surface area contributed by atoms with E-state index in [1.165, 1.54) is 5.56 Å². The van der Waals surface area contributed by atoms with E-state index in [4.69, 9.17) is 9.47 Å². The van der Waals surface area contributed by atoms with Crippen LogP contribution in [-0.2, 0) is 20.8 Å². The van der Waals surface area contributed by atoms with Gasteiger partial charge in [-0.3, -0.25) is 14.8 Å². The minimum Gasteiger partial charge on any atom is -0.370 e. The summed E-state index contributed by atoms with van der Waals surface area (Å²) in [6.45, 7) is 3.46. The fourth-order valence-electron chi connectivity index (χ4n) is 3.59. The van der Waals surface area contributed by atoms with Gasteiger partial charge in [-0.2, -0.15) is 5.10 Å². The molecule has 2 saturated heterocycles. The monoisotopic (exact) mass is 356 g/mol. The first kappa shape index (κ1) is 17.2. The maximum Gasteiger partial charge on any atom is 0.250 e. The molecule has 2 aromatic rings. The fourth-order valence-corrected chi connectivity index (χ4v) is 3.59. The Hall–Kier alpha value is -2.22. The maximum atomic E-state index is 12.7. The van der Waals surface area contributed by atoms with Gasteiger partial charge in [0.05, 0.1) is 18.3 Å².